The molecule has 0 aliphatic heterocycles. The molecule has 0 radical (unpaired) electrons. The fraction of sp³-hybridized carbons (Fsp3) is 0.0556. The summed E-state index contributed by atoms with van der Waals surface area (Å²) in [6.45, 7) is -0.485. The molecule has 2 aromatic carbocycles. The van der Waals surface area contributed by atoms with Crippen LogP contribution in [0.4, 0.5) is 5.69 Å². The molecule has 3 aromatic rings. The summed E-state index contributed by atoms with van der Waals surface area (Å²) in [4.78, 5) is 19.2. The first-order valence-corrected chi connectivity index (χ1v) is 7.87. The van der Waals surface area contributed by atoms with E-state index in [9.17, 15) is 15.2 Å². The molecule has 0 atom stereocenters. The molecule has 3 rings (SSSR count). The van der Waals surface area contributed by atoms with Crippen molar-refractivity contribution in [1.82, 2.24) is 9.97 Å². The van der Waals surface area contributed by atoms with E-state index in [1.165, 1.54) is 18.2 Å². The molecular weight excluding hydrogens is 356 g/mol. The van der Waals surface area contributed by atoms with Gasteiger partial charge < -0.3 is 20.6 Å². The number of anilines is 1. The van der Waals surface area contributed by atoms with Gasteiger partial charge in [-0.3, -0.25) is 0 Å². The number of fused-ring (bicyclic) bond motifs is 1. The second kappa shape index (κ2) is 7.17. The standard InChI is InChI=1S/C18H13ClN4O3/c19-12-6-5-10(7-13(12)21)18(25)26-9-16(24)11(8-20)17-22-14-3-1-2-4-15(14)23-17/h1-7,24H,9,21H2,(H,22,23)/b16-11-. The lowest BCUT2D eigenvalue weighted by atomic mass is 10.2. The Balaban J connectivity index is 1.79. The maximum Gasteiger partial charge on any atom is 0.338 e. The number of rotatable bonds is 4. The molecule has 0 bridgehead atoms. The number of nitriles is 1. The lowest BCUT2D eigenvalue weighted by Gasteiger charge is -2.06. The molecule has 4 N–H and O–H groups in total. The van der Waals surface area contributed by atoms with Crippen molar-refractivity contribution in [2.75, 3.05) is 12.3 Å². The monoisotopic (exact) mass is 368 g/mol. The number of aromatic amines is 1. The van der Waals surface area contributed by atoms with Crippen molar-refractivity contribution in [3.8, 4) is 6.07 Å². The molecule has 8 heteroatoms. The highest BCUT2D eigenvalue weighted by Gasteiger charge is 2.16. The predicted molar refractivity (Wildman–Crippen MR) is 97.4 cm³/mol. The molecule has 0 saturated heterocycles. The Kier molecular flexibility index (Phi) is 4.78. The van der Waals surface area contributed by atoms with Crippen LogP contribution in [0.5, 0.6) is 0 Å². The number of carbonyl (C=O) groups is 1. The van der Waals surface area contributed by atoms with Crippen LogP contribution in [0.15, 0.2) is 48.2 Å². The van der Waals surface area contributed by atoms with E-state index in [4.69, 9.17) is 22.1 Å². The highest BCUT2D eigenvalue weighted by Crippen LogP contribution is 2.21. The average molecular weight is 369 g/mol. The molecule has 130 valence electrons. The zero-order valence-electron chi connectivity index (χ0n) is 13.4. The number of nitrogens with one attached hydrogen (secondary N) is 1. The average Bonchev–Trinajstić information content (AvgIpc) is 3.06. The number of H-pyrrole nitrogens is 1. The number of esters is 1. The number of aliphatic hydroxyl groups excluding tert-OH is 1. The highest BCUT2D eigenvalue weighted by molar-refractivity contribution is 6.33. The van der Waals surface area contributed by atoms with Crippen LogP contribution in [0.25, 0.3) is 16.6 Å². The summed E-state index contributed by atoms with van der Waals surface area (Å²) in [5, 5.41) is 19.8. The van der Waals surface area contributed by atoms with E-state index in [1.54, 1.807) is 12.1 Å². The Morgan fingerprint density at radius 1 is 1.35 bits per heavy atom. The summed E-state index contributed by atoms with van der Waals surface area (Å²) in [6, 6.07) is 13.3. The van der Waals surface area contributed by atoms with Gasteiger partial charge in [0.2, 0.25) is 0 Å². The molecule has 0 saturated carbocycles. The second-order valence-electron chi connectivity index (χ2n) is 5.35. The van der Waals surface area contributed by atoms with Gasteiger partial charge in [-0.1, -0.05) is 23.7 Å². The minimum atomic E-state index is -0.707. The minimum Gasteiger partial charge on any atom is -0.507 e. The fourth-order valence-corrected chi connectivity index (χ4v) is 2.40. The number of carbonyl (C=O) groups excluding carboxylic acids is 1. The van der Waals surface area contributed by atoms with E-state index in [2.05, 4.69) is 9.97 Å². The molecule has 0 amide bonds. The zero-order chi connectivity index (χ0) is 18.7. The molecular formula is C18H13ClN4O3. The Labute approximate surface area is 153 Å². The minimum absolute atomic E-state index is 0.107. The summed E-state index contributed by atoms with van der Waals surface area (Å²) in [5.74, 6) is -0.929. The van der Waals surface area contributed by atoms with Crippen LogP contribution in [0.3, 0.4) is 0 Å². The van der Waals surface area contributed by atoms with Gasteiger partial charge in [0.05, 0.1) is 27.3 Å². The SMILES string of the molecule is N#C/C(=C(/O)COC(=O)c1ccc(Cl)c(N)c1)c1nc2ccccc2[nH]1. The number of hydrogen-bond acceptors (Lipinski definition) is 6. The van der Waals surface area contributed by atoms with Crippen LogP contribution in [-0.2, 0) is 4.74 Å². The Morgan fingerprint density at radius 3 is 2.81 bits per heavy atom. The van der Waals surface area contributed by atoms with Gasteiger partial charge in [0.15, 0.2) is 11.6 Å². The van der Waals surface area contributed by atoms with E-state index in [1.807, 2.05) is 18.2 Å². The van der Waals surface area contributed by atoms with E-state index in [0.717, 1.165) is 5.52 Å². The largest absolute Gasteiger partial charge is 0.507 e. The van der Waals surface area contributed by atoms with Gasteiger partial charge in [0, 0.05) is 0 Å². The number of para-hydroxylation sites is 2. The topological polar surface area (TPSA) is 125 Å². The van der Waals surface area contributed by atoms with Gasteiger partial charge in [-0.25, -0.2) is 9.78 Å². The molecule has 0 spiro atoms. The molecule has 0 aliphatic rings. The lowest BCUT2D eigenvalue weighted by molar-refractivity contribution is 0.0503. The van der Waals surface area contributed by atoms with Gasteiger partial charge in [-0.15, -0.1) is 0 Å². The lowest BCUT2D eigenvalue weighted by Crippen LogP contribution is -2.09. The highest BCUT2D eigenvalue weighted by atomic mass is 35.5. The summed E-state index contributed by atoms with van der Waals surface area (Å²) in [5.41, 5.74) is 7.32. The van der Waals surface area contributed by atoms with Crippen molar-refractivity contribution in [3.63, 3.8) is 0 Å². The Hall–Kier alpha value is -3.50. The third kappa shape index (κ3) is 3.45. The van der Waals surface area contributed by atoms with Gasteiger partial charge in [-0.2, -0.15) is 5.26 Å². The Bertz CT molecular complexity index is 1030. The number of nitrogen functional groups attached to an aromatic ring is 1. The number of nitrogens with zero attached hydrogens (tertiary/aromatic N) is 2. The summed E-state index contributed by atoms with van der Waals surface area (Å²) in [7, 11) is 0. The normalized spacial score (nSPS) is 11.7. The van der Waals surface area contributed by atoms with E-state index >= 15 is 0 Å². The predicted octanol–water partition coefficient (Wildman–Crippen LogP) is 3.45. The maximum absolute atomic E-state index is 12.0. The quantitative estimate of drug-likeness (QED) is 0.280. The van der Waals surface area contributed by atoms with Crippen LogP contribution in [0.2, 0.25) is 5.02 Å². The van der Waals surface area contributed by atoms with Crippen molar-refractivity contribution in [2.24, 2.45) is 0 Å². The van der Waals surface area contributed by atoms with E-state index in [-0.39, 0.29) is 22.6 Å². The number of imidazole rings is 1. The van der Waals surface area contributed by atoms with Gasteiger partial charge >= 0.3 is 5.97 Å². The Morgan fingerprint density at radius 2 is 2.12 bits per heavy atom. The molecule has 0 aliphatic carbocycles. The molecule has 1 heterocycles. The first kappa shape index (κ1) is 17.3. The molecule has 7 nitrogen and oxygen atoms in total. The smallest absolute Gasteiger partial charge is 0.338 e. The summed E-state index contributed by atoms with van der Waals surface area (Å²) in [6.07, 6.45) is 0. The fourth-order valence-electron chi connectivity index (χ4n) is 2.29. The van der Waals surface area contributed by atoms with Crippen LogP contribution in [0, 0.1) is 11.3 Å². The number of hydrogen-bond donors (Lipinski definition) is 3. The molecule has 1 aromatic heterocycles. The van der Waals surface area contributed by atoms with Crippen LogP contribution < -0.4 is 5.73 Å². The van der Waals surface area contributed by atoms with Crippen molar-refractivity contribution in [1.29, 1.82) is 5.26 Å². The number of aromatic nitrogens is 2. The van der Waals surface area contributed by atoms with Crippen LogP contribution in [0.1, 0.15) is 16.2 Å². The molecule has 26 heavy (non-hydrogen) atoms. The van der Waals surface area contributed by atoms with E-state index in [0.29, 0.717) is 10.5 Å². The number of aliphatic hydroxyl groups is 1. The third-order valence-electron chi connectivity index (χ3n) is 3.60. The van der Waals surface area contributed by atoms with E-state index < -0.39 is 18.3 Å². The van der Waals surface area contributed by atoms with Crippen molar-refractivity contribution >= 4 is 39.9 Å². The van der Waals surface area contributed by atoms with Gasteiger partial charge in [0.25, 0.3) is 0 Å². The van der Waals surface area contributed by atoms with Gasteiger partial charge in [0.1, 0.15) is 18.2 Å². The number of ether oxygens (including phenoxy) is 1. The summed E-state index contributed by atoms with van der Waals surface area (Å²) < 4.78 is 5.02. The maximum atomic E-state index is 12.0. The number of nitrogens with two attached hydrogens (primary N) is 1. The van der Waals surface area contributed by atoms with Crippen molar-refractivity contribution in [3.05, 3.63) is 64.6 Å². The van der Waals surface area contributed by atoms with Gasteiger partial charge in [-0.05, 0) is 30.3 Å². The number of benzene rings is 2. The second-order valence-corrected chi connectivity index (χ2v) is 5.76. The van der Waals surface area contributed by atoms with Crippen LogP contribution in [-0.4, -0.2) is 27.7 Å². The first-order valence-electron chi connectivity index (χ1n) is 7.49. The van der Waals surface area contributed by atoms with Crippen molar-refractivity contribution < 1.29 is 14.6 Å². The number of halogens is 1. The molecule has 0 fully saturated rings. The zero-order valence-corrected chi connectivity index (χ0v) is 14.1. The number of allylic oxidation sites excluding steroid dienone is 1. The summed E-state index contributed by atoms with van der Waals surface area (Å²) >= 11 is 5.80. The third-order valence-corrected chi connectivity index (χ3v) is 3.94. The molecule has 0 unspecified atom stereocenters. The first-order chi connectivity index (χ1) is 12.5. The van der Waals surface area contributed by atoms with Crippen molar-refractivity contribution in [2.45, 2.75) is 0 Å². The van der Waals surface area contributed by atoms with Crippen LogP contribution >= 0.6 is 11.6 Å².